The largest absolute Gasteiger partial charge is 0.380 e. The monoisotopic (exact) mass is 351 g/mol. The molecule has 25 heavy (non-hydrogen) atoms. The maximum Gasteiger partial charge on any atom is 0.137 e. The van der Waals surface area contributed by atoms with Crippen LogP contribution in [0.2, 0.25) is 5.02 Å². The zero-order valence-corrected chi connectivity index (χ0v) is 14.7. The first-order chi connectivity index (χ1) is 12.3. The highest BCUT2D eigenvalue weighted by molar-refractivity contribution is 6.31. The van der Waals surface area contributed by atoms with Gasteiger partial charge in [-0.2, -0.15) is 0 Å². The average molecular weight is 352 g/mol. The fourth-order valence-electron chi connectivity index (χ4n) is 2.50. The first-order valence-corrected chi connectivity index (χ1v) is 8.35. The molecule has 0 fully saturated rings. The van der Waals surface area contributed by atoms with Crippen molar-refractivity contribution in [1.82, 2.24) is 9.97 Å². The number of fused-ring (bicyclic) bond motifs is 1. The number of nitrogens with zero attached hydrogens (tertiary/aromatic N) is 2. The molecule has 3 aromatic rings. The Morgan fingerprint density at radius 3 is 2.92 bits per heavy atom. The molecule has 0 aliphatic carbocycles. The van der Waals surface area contributed by atoms with Gasteiger partial charge in [0.2, 0.25) is 0 Å². The molecule has 0 saturated heterocycles. The van der Waals surface area contributed by atoms with Gasteiger partial charge < -0.3 is 10.1 Å². The standard InChI is InChI=1S/C20H18ClN3O/c1-25-13-16-8-3-2-6-15(16)7-4-5-11-22-20-18-10-9-17(21)12-19(18)23-14-24-20/h2-3,6,8-10,12,14H,5,11,13H2,1H3,(H,22,23,24). The minimum absolute atomic E-state index is 0.568. The fraction of sp³-hybridized carbons (Fsp3) is 0.200. The number of rotatable bonds is 5. The third-order valence-electron chi connectivity index (χ3n) is 3.68. The van der Waals surface area contributed by atoms with Crippen molar-refractivity contribution in [3.63, 3.8) is 0 Å². The van der Waals surface area contributed by atoms with Gasteiger partial charge in [0.25, 0.3) is 0 Å². The number of methoxy groups -OCH3 is 1. The van der Waals surface area contributed by atoms with Gasteiger partial charge in [0.15, 0.2) is 0 Å². The summed E-state index contributed by atoms with van der Waals surface area (Å²) < 4.78 is 5.20. The fourth-order valence-corrected chi connectivity index (χ4v) is 2.66. The highest BCUT2D eigenvalue weighted by Crippen LogP contribution is 2.22. The predicted octanol–water partition coefficient (Wildman–Crippen LogP) is 4.28. The molecule has 126 valence electrons. The van der Waals surface area contributed by atoms with E-state index in [1.807, 2.05) is 42.5 Å². The van der Waals surface area contributed by atoms with Crippen LogP contribution in [-0.2, 0) is 11.3 Å². The second-order valence-corrected chi connectivity index (χ2v) is 5.89. The molecule has 0 radical (unpaired) electrons. The third kappa shape index (κ3) is 4.48. The smallest absolute Gasteiger partial charge is 0.137 e. The number of benzene rings is 2. The number of ether oxygens (including phenoxy) is 1. The Labute approximate surface area is 152 Å². The molecule has 0 amide bonds. The minimum atomic E-state index is 0.568. The number of hydrogen-bond acceptors (Lipinski definition) is 4. The number of anilines is 1. The van der Waals surface area contributed by atoms with Gasteiger partial charge >= 0.3 is 0 Å². The molecule has 5 heteroatoms. The van der Waals surface area contributed by atoms with Gasteiger partial charge in [-0.1, -0.05) is 41.6 Å². The molecule has 3 rings (SSSR count). The number of aromatic nitrogens is 2. The van der Waals surface area contributed by atoms with Crippen LogP contribution in [0.1, 0.15) is 17.5 Å². The Balaban J connectivity index is 1.63. The Morgan fingerprint density at radius 2 is 2.04 bits per heavy atom. The second-order valence-electron chi connectivity index (χ2n) is 5.45. The first-order valence-electron chi connectivity index (χ1n) is 7.98. The van der Waals surface area contributed by atoms with Gasteiger partial charge in [-0.25, -0.2) is 9.97 Å². The molecule has 1 heterocycles. The zero-order valence-electron chi connectivity index (χ0n) is 13.9. The normalized spacial score (nSPS) is 10.3. The molecule has 1 N–H and O–H groups in total. The number of hydrogen-bond donors (Lipinski definition) is 1. The quantitative estimate of drug-likeness (QED) is 0.550. The van der Waals surface area contributed by atoms with Gasteiger partial charge in [0.05, 0.1) is 12.1 Å². The van der Waals surface area contributed by atoms with Crippen LogP contribution in [-0.4, -0.2) is 23.6 Å². The van der Waals surface area contributed by atoms with Crippen LogP contribution in [0.5, 0.6) is 0 Å². The summed E-state index contributed by atoms with van der Waals surface area (Å²) >= 11 is 6.00. The van der Waals surface area contributed by atoms with E-state index < -0.39 is 0 Å². The molecule has 4 nitrogen and oxygen atoms in total. The Bertz CT molecular complexity index is 931. The van der Waals surface area contributed by atoms with Gasteiger partial charge in [0, 0.05) is 36.0 Å². The number of halogens is 1. The molecular formula is C20H18ClN3O. The van der Waals surface area contributed by atoms with Gasteiger partial charge in [0.1, 0.15) is 12.1 Å². The van der Waals surface area contributed by atoms with E-state index in [-0.39, 0.29) is 0 Å². The Hall–Kier alpha value is -2.61. The molecule has 0 unspecified atom stereocenters. The maximum atomic E-state index is 6.00. The van der Waals surface area contributed by atoms with E-state index in [0.29, 0.717) is 24.6 Å². The summed E-state index contributed by atoms with van der Waals surface area (Å²) in [5.74, 6) is 7.20. The van der Waals surface area contributed by atoms with E-state index in [1.54, 1.807) is 7.11 Å². The lowest BCUT2D eigenvalue weighted by Gasteiger charge is -2.06. The molecule has 0 aliphatic heterocycles. The lowest BCUT2D eigenvalue weighted by molar-refractivity contribution is 0.184. The van der Waals surface area contributed by atoms with Gasteiger partial charge in [-0.3, -0.25) is 0 Å². The van der Waals surface area contributed by atoms with Crippen molar-refractivity contribution < 1.29 is 4.74 Å². The Kier molecular flexibility index (Phi) is 5.84. The summed E-state index contributed by atoms with van der Waals surface area (Å²) in [6.07, 6.45) is 2.24. The maximum absolute atomic E-state index is 6.00. The van der Waals surface area contributed by atoms with Crippen molar-refractivity contribution in [3.8, 4) is 11.8 Å². The van der Waals surface area contributed by atoms with Gasteiger partial charge in [-0.15, -0.1) is 0 Å². The highest BCUT2D eigenvalue weighted by atomic mass is 35.5. The van der Waals surface area contributed by atoms with Crippen molar-refractivity contribution in [2.24, 2.45) is 0 Å². The Morgan fingerprint density at radius 1 is 1.16 bits per heavy atom. The zero-order chi connectivity index (χ0) is 17.5. The minimum Gasteiger partial charge on any atom is -0.380 e. The molecule has 1 aromatic heterocycles. The summed E-state index contributed by atoms with van der Waals surface area (Å²) in [5, 5.41) is 4.93. The van der Waals surface area contributed by atoms with Crippen molar-refractivity contribution in [1.29, 1.82) is 0 Å². The van der Waals surface area contributed by atoms with E-state index in [9.17, 15) is 0 Å². The van der Waals surface area contributed by atoms with Crippen LogP contribution in [0.15, 0.2) is 48.8 Å². The molecule has 0 aliphatic rings. The summed E-state index contributed by atoms with van der Waals surface area (Å²) in [7, 11) is 1.69. The first kappa shape index (κ1) is 17.2. The van der Waals surface area contributed by atoms with Crippen LogP contribution in [0.25, 0.3) is 10.9 Å². The number of nitrogens with one attached hydrogen (secondary N) is 1. The summed E-state index contributed by atoms with van der Waals surface area (Å²) in [4.78, 5) is 8.54. The van der Waals surface area contributed by atoms with Crippen LogP contribution in [0.3, 0.4) is 0 Å². The second kappa shape index (κ2) is 8.48. The van der Waals surface area contributed by atoms with E-state index in [4.69, 9.17) is 16.3 Å². The summed E-state index contributed by atoms with van der Waals surface area (Å²) in [5.41, 5.74) is 2.93. The van der Waals surface area contributed by atoms with Crippen molar-refractivity contribution in [3.05, 3.63) is 64.9 Å². The van der Waals surface area contributed by atoms with Gasteiger partial charge in [-0.05, 0) is 29.8 Å². The van der Waals surface area contributed by atoms with E-state index in [0.717, 1.165) is 27.8 Å². The summed E-state index contributed by atoms with van der Waals surface area (Å²) in [6.45, 7) is 1.27. The van der Waals surface area contributed by atoms with Crippen molar-refractivity contribution in [2.45, 2.75) is 13.0 Å². The van der Waals surface area contributed by atoms with Crippen LogP contribution >= 0.6 is 11.6 Å². The van der Waals surface area contributed by atoms with E-state index in [2.05, 4.69) is 27.1 Å². The lowest BCUT2D eigenvalue weighted by Crippen LogP contribution is -2.03. The molecular weight excluding hydrogens is 334 g/mol. The molecule has 0 saturated carbocycles. The molecule has 0 atom stereocenters. The van der Waals surface area contributed by atoms with Crippen molar-refractivity contribution in [2.75, 3.05) is 19.0 Å². The third-order valence-corrected chi connectivity index (χ3v) is 3.92. The van der Waals surface area contributed by atoms with Crippen molar-refractivity contribution >= 4 is 28.3 Å². The highest BCUT2D eigenvalue weighted by Gasteiger charge is 2.03. The van der Waals surface area contributed by atoms with E-state index in [1.165, 1.54) is 6.33 Å². The lowest BCUT2D eigenvalue weighted by atomic mass is 10.1. The predicted molar refractivity (Wildman–Crippen MR) is 102 cm³/mol. The average Bonchev–Trinajstić information content (AvgIpc) is 2.63. The van der Waals surface area contributed by atoms with Crippen LogP contribution in [0, 0.1) is 11.8 Å². The topological polar surface area (TPSA) is 47.0 Å². The van der Waals surface area contributed by atoms with Crippen LogP contribution < -0.4 is 5.32 Å². The van der Waals surface area contributed by atoms with Crippen LogP contribution in [0.4, 0.5) is 5.82 Å². The summed E-state index contributed by atoms with van der Waals surface area (Å²) in [6, 6.07) is 13.6. The molecule has 0 bridgehead atoms. The molecule has 0 spiro atoms. The molecule has 2 aromatic carbocycles. The SMILES string of the molecule is COCc1ccccc1C#CCCNc1ncnc2cc(Cl)ccc12. The van der Waals surface area contributed by atoms with E-state index >= 15 is 0 Å².